The van der Waals surface area contributed by atoms with Crippen molar-refractivity contribution in [2.45, 2.75) is 25.9 Å². The van der Waals surface area contributed by atoms with E-state index in [4.69, 9.17) is 10.5 Å². The molecule has 4 nitrogen and oxygen atoms in total. The fourth-order valence-electron chi connectivity index (χ4n) is 2.45. The van der Waals surface area contributed by atoms with Crippen LogP contribution >= 0.6 is 12.4 Å². The largest absolute Gasteiger partial charge is 0.497 e. The molecule has 3 unspecified atom stereocenters. The van der Waals surface area contributed by atoms with Crippen LogP contribution in [0.5, 0.6) is 5.75 Å². The molecule has 0 radical (unpaired) electrons. The first-order chi connectivity index (χ1) is 11.0. The first kappa shape index (κ1) is 20.0. The third-order valence-corrected chi connectivity index (χ3v) is 4.11. The molecule has 0 aromatic heterocycles. The third kappa shape index (κ3) is 4.98. The summed E-state index contributed by atoms with van der Waals surface area (Å²) in [6, 6.07) is 17.0. The van der Waals surface area contributed by atoms with Crippen molar-refractivity contribution < 1.29 is 9.53 Å². The van der Waals surface area contributed by atoms with Gasteiger partial charge in [-0.3, -0.25) is 4.79 Å². The molecule has 2 aromatic rings. The number of carbonyl (C=O) groups is 1. The van der Waals surface area contributed by atoms with Gasteiger partial charge in [0.1, 0.15) is 5.75 Å². The SMILES string of the molecule is COc1ccc(C(C)NC(=O)C(C)C(N)c2ccccc2)cc1.Cl. The second-order valence-corrected chi connectivity index (χ2v) is 5.73. The van der Waals surface area contributed by atoms with Crippen LogP contribution in [0.4, 0.5) is 0 Å². The fraction of sp³-hybridized carbons (Fsp3) is 0.316. The van der Waals surface area contributed by atoms with E-state index in [1.54, 1.807) is 7.11 Å². The summed E-state index contributed by atoms with van der Waals surface area (Å²) in [5.41, 5.74) is 8.21. The van der Waals surface area contributed by atoms with Gasteiger partial charge in [-0.2, -0.15) is 0 Å². The molecule has 0 fully saturated rings. The predicted molar refractivity (Wildman–Crippen MR) is 99.3 cm³/mol. The van der Waals surface area contributed by atoms with Crippen LogP contribution in [-0.4, -0.2) is 13.0 Å². The van der Waals surface area contributed by atoms with Crippen molar-refractivity contribution in [3.63, 3.8) is 0 Å². The lowest BCUT2D eigenvalue weighted by molar-refractivity contribution is -0.125. The maximum Gasteiger partial charge on any atom is 0.225 e. The van der Waals surface area contributed by atoms with Crippen LogP contribution in [-0.2, 0) is 4.79 Å². The van der Waals surface area contributed by atoms with Gasteiger partial charge in [-0.05, 0) is 30.2 Å². The summed E-state index contributed by atoms with van der Waals surface area (Å²) in [6.07, 6.45) is 0. The van der Waals surface area contributed by atoms with Crippen LogP contribution in [0.2, 0.25) is 0 Å². The number of benzene rings is 2. The Morgan fingerprint density at radius 3 is 2.12 bits per heavy atom. The van der Waals surface area contributed by atoms with E-state index in [-0.39, 0.29) is 36.3 Å². The lowest BCUT2D eigenvalue weighted by atomic mass is 9.94. The van der Waals surface area contributed by atoms with Gasteiger partial charge in [0.2, 0.25) is 5.91 Å². The van der Waals surface area contributed by atoms with Crippen LogP contribution in [0.3, 0.4) is 0 Å². The summed E-state index contributed by atoms with van der Waals surface area (Å²) in [5, 5.41) is 3.02. The Morgan fingerprint density at radius 2 is 1.58 bits per heavy atom. The highest BCUT2D eigenvalue weighted by atomic mass is 35.5. The zero-order valence-electron chi connectivity index (χ0n) is 14.2. The Labute approximate surface area is 149 Å². The second-order valence-electron chi connectivity index (χ2n) is 5.73. The lowest BCUT2D eigenvalue weighted by Gasteiger charge is -2.22. The zero-order valence-corrected chi connectivity index (χ0v) is 15.0. The summed E-state index contributed by atoms with van der Waals surface area (Å²) in [4.78, 5) is 12.4. The highest BCUT2D eigenvalue weighted by molar-refractivity contribution is 5.85. The van der Waals surface area contributed by atoms with Crippen molar-refractivity contribution in [3.05, 3.63) is 65.7 Å². The van der Waals surface area contributed by atoms with Gasteiger partial charge >= 0.3 is 0 Å². The van der Waals surface area contributed by atoms with Crippen molar-refractivity contribution in [2.75, 3.05) is 7.11 Å². The molecule has 2 aromatic carbocycles. The summed E-state index contributed by atoms with van der Waals surface area (Å²) in [5.74, 6) is 0.439. The average Bonchev–Trinajstić information content (AvgIpc) is 2.61. The maximum atomic E-state index is 12.4. The van der Waals surface area contributed by atoms with Gasteiger partial charge in [0.15, 0.2) is 0 Å². The topological polar surface area (TPSA) is 64.3 Å². The van der Waals surface area contributed by atoms with E-state index in [1.165, 1.54) is 0 Å². The predicted octanol–water partition coefficient (Wildman–Crippen LogP) is 3.63. The van der Waals surface area contributed by atoms with Crippen LogP contribution in [0, 0.1) is 5.92 Å². The van der Waals surface area contributed by atoms with Gasteiger partial charge in [0.05, 0.1) is 19.1 Å². The van der Waals surface area contributed by atoms with E-state index in [1.807, 2.05) is 68.4 Å². The highest BCUT2D eigenvalue weighted by Gasteiger charge is 2.23. The smallest absolute Gasteiger partial charge is 0.225 e. The molecule has 0 aliphatic heterocycles. The van der Waals surface area contributed by atoms with Gasteiger partial charge in [0, 0.05) is 6.04 Å². The summed E-state index contributed by atoms with van der Waals surface area (Å²) >= 11 is 0. The molecule has 0 saturated carbocycles. The second kappa shape index (κ2) is 9.30. The first-order valence-corrected chi connectivity index (χ1v) is 7.77. The number of hydrogen-bond donors (Lipinski definition) is 2. The quantitative estimate of drug-likeness (QED) is 0.837. The average molecular weight is 349 g/mol. The summed E-state index contributed by atoms with van der Waals surface area (Å²) < 4.78 is 5.14. The maximum absolute atomic E-state index is 12.4. The van der Waals surface area contributed by atoms with Gasteiger partial charge in [-0.25, -0.2) is 0 Å². The molecule has 0 spiro atoms. The standard InChI is InChI=1S/C19H24N2O2.ClH/c1-13(18(20)16-7-5-4-6-8-16)19(22)21-14(2)15-9-11-17(23-3)12-10-15;/h4-14,18H,20H2,1-3H3,(H,21,22);1H. The molecular formula is C19H25ClN2O2. The summed E-state index contributed by atoms with van der Waals surface area (Å²) in [7, 11) is 1.63. The number of nitrogens with one attached hydrogen (secondary N) is 1. The van der Waals surface area contributed by atoms with Crippen molar-refractivity contribution in [1.82, 2.24) is 5.32 Å². The van der Waals surface area contributed by atoms with Crippen LogP contribution in [0.1, 0.15) is 37.1 Å². The minimum atomic E-state index is -0.320. The van der Waals surface area contributed by atoms with E-state index in [2.05, 4.69) is 5.32 Å². The normalized spacial score (nSPS) is 14.0. The van der Waals surface area contributed by atoms with E-state index in [0.717, 1.165) is 16.9 Å². The molecule has 0 saturated heterocycles. The van der Waals surface area contributed by atoms with Crippen LogP contribution < -0.4 is 15.8 Å². The fourth-order valence-corrected chi connectivity index (χ4v) is 2.45. The zero-order chi connectivity index (χ0) is 16.8. The molecule has 0 bridgehead atoms. The van der Waals surface area contributed by atoms with Crippen molar-refractivity contribution in [2.24, 2.45) is 11.7 Å². The van der Waals surface area contributed by atoms with Gasteiger partial charge in [-0.15, -0.1) is 12.4 Å². The van der Waals surface area contributed by atoms with Gasteiger partial charge in [0.25, 0.3) is 0 Å². The van der Waals surface area contributed by atoms with Crippen molar-refractivity contribution >= 4 is 18.3 Å². The Hall–Kier alpha value is -2.04. The molecule has 24 heavy (non-hydrogen) atoms. The van der Waals surface area contributed by atoms with Gasteiger partial charge in [-0.1, -0.05) is 49.4 Å². The summed E-state index contributed by atoms with van der Waals surface area (Å²) in [6.45, 7) is 3.81. The molecule has 3 atom stereocenters. The molecule has 0 aliphatic carbocycles. The van der Waals surface area contributed by atoms with Crippen LogP contribution in [0.25, 0.3) is 0 Å². The number of methoxy groups -OCH3 is 1. The molecule has 2 rings (SSSR count). The number of rotatable bonds is 6. The van der Waals surface area contributed by atoms with E-state index in [0.29, 0.717) is 0 Å². The van der Waals surface area contributed by atoms with E-state index >= 15 is 0 Å². The first-order valence-electron chi connectivity index (χ1n) is 7.77. The minimum Gasteiger partial charge on any atom is -0.497 e. The molecule has 5 heteroatoms. The third-order valence-electron chi connectivity index (χ3n) is 4.11. The Morgan fingerprint density at radius 1 is 1.00 bits per heavy atom. The minimum absolute atomic E-state index is 0. The number of carbonyl (C=O) groups excluding carboxylic acids is 1. The number of amides is 1. The number of hydrogen-bond acceptors (Lipinski definition) is 3. The molecule has 130 valence electrons. The Bertz CT molecular complexity index is 632. The Kier molecular flexibility index (Phi) is 7.75. The van der Waals surface area contributed by atoms with Gasteiger partial charge < -0.3 is 15.8 Å². The van der Waals surface area contributed by atoms with Crippen molar-refractivity contribution in [3.8, 4) is 5.75 Å². The molecule has 0 heterocycles. The molecule has 0 aliphatic rings. The van der Waals surface area contributed by atoms with Crippen molar-refractivity contribution in [1.29, 1.82) is 0 Å². The Balaban J connectivity index is 0.00000288. The monoisotopic (exact) mass is 348 g/mol. The number of nitrogens with two attached hydrogens (primary N) is 1. The van der Waals surface area contributed by atoms with E-state index in [9.17, 15) is 4.79 Å². The molecule has 3 N–H and O–H groups in total. The highest BCUT2D eigenvalue weighted by Crippen LogP contribution is 2.21. The molecule has 1 amide bonds. The van der Waals surface area contributed by atoms with E-state index < -0.39 is 0 Å². The molecular weight excluding hydrogens is 324 g/mol. The van der Waals surface area contributed by atoms with Crippen LogP contribution in [0.15, 0.2) is 54.6 Å². The number of halogens is 1. The lowest BCUT2D eigenvalue weighted by Crippen LogP contribution is -2.36. The number of ether oxygens (including phenoxy) is 1.